The molecule has 1 saturated heterocycles. The van der Waals surface area contributed by atoms with Crippen LogP contribution in [0.5, 0.6) is 0 Å². The van der Waals surface area contributed by atoms with Crippen molar-refractivity contribution in [2.45, 2.75) is 58.9 Å². The fourth-order valence-electron chi connectivity index (χ4n) is 3.63. The lowest BCUT2D eigenvalue weighted by Crippen LogP contribution is -2.40. The number of hydrogen-bond acceptors (Lipinski definition) is 2. The normalized spacial score (nSPS) is 27.2. The molecule has 2 rings (SSSR count). The lowest BCUT2D eigenvalue weighted by Gasteiger charge is -2.25. The van der Waals surface area contributed by atoms with Crippen molar-refractivity contribution < 1.29 is 4.79 Å². The van der Waals surface area contributed by atoms with Crippen LogP contribution < -0.4 is 10.6 Å². The van der Waals surface area contributed by atoms with Gasteiger partial charge >= 0.3 is 0 Å². The van der Waals surface area contributed by atoms with Gasteiger partial charge < -0.3 is 10.6 Å². The van der Waals surface area contributed by atoms with Crippen LogP contribution in [-0.4, -0.2) is 25.0 Å². The Labute approximate surface area is 111 Å². The van der Waals surface area contributed by atoms with Crippen LogP contribution in [0.2, 0.25) is 0 Å². The third-order valence-corrected chi connectivity index (χ3v) is 5.23. The second-order valence-corrected chi connectivity index (χ2v) is 6.24. The molecule has 0 aromatic carbocycles. The molecule has 2 atom stereocenters. The molecule has 0 aromatic rings. The van der Waals surface area contributed by atoms with Gasteiger partial charge in [0.25, 0.3) is 0 Å². The molecule has 1 amide bonds. The number of rotatable bonds is 5. The first-order chi connectivity index (χ1) is 8.63. The third kappa shape index (κ3) is 2.71. The van der Waals surface area contributed by atoms with Crippen LogP contribution in [-0.2, 0) is 4.79 Å². The van der Waals surface area contributed by atoms with Gasteiger partial charge in [-0.2, -0.15) is 0 Å². The van der Waals surface area contributed by atoms with E-state index in [9.17, 15) is 4.79 Å². The minimum atomic E-state index is 0.302. The van der Waals surface area contributed by atoms with Crippen molar-refractivity contribution in [3.8, 4) is 0 Å². The summed E-state index contributed by atoms with van der Waals surface area (Å²) < 4.78 is 0. The van der Waals surface area contributed by atoms with Crippen LogP contribution in [0.1, 0.15) is 52.9 Å². The van der Waals surface area contributed by atoms with Crippen LogP contribution in [0.15, 0.2) is 0 Å². The summed E-state index contributed by atoms with van der Waals surface area (Å²) in [5.74, 6) is 1.24. The Balaban J connectivity index is 1.82. The monoisotopic (exact) mass is 252 g/mol. The fourth-order valence-corrected chi connectivity index (χ4v) is 3.63. The lowest BCUT2D eigenvalue weighted by atomic mass is 9.91. The van der Waals surface area contributed by atoms with Crippen molar-refractivity contribution in [1.29, 1.82) is 0 Å². The number of hydrogen-bond donors (Lipinski definition) is 2. The zero-order chi connectivity index (χ0) is 13.2. The highest BCUT2D eigenvalue weighted by Gasteiger charge is 2.57. The van der Waals surface area contributed by atoms with Crippen LogP contribution >= 0.6 is 0 Å². The quantitative estimate of drug-likeness (QED) is 0.788. The summed E-state index contributed by atoms with van der Waals surface area (Å²) in [6, 6.07) is 0.326. The Morgan fingerprint density at radius 3 is 2.50 bits per heavy atom. The van der Waals surface area contributed by atoms with E-state index >= 15 is 0 Å². The molecule has 3 heteroatoms. The van der Waals surface area contributed by atoms with Crippen molar-refractivity contribution in [2.24, 2.45) is 17.3 Å². The summed E-state index contributed by atoms with van der Waals surface area (Å²) >= 11 is 0. The topological polar surface area (TPSA) is 41.1 Å². The van der Waals surface area contributed by atoms with Crippen molar-refractivity contribution in [3.63, 3.8) is 0 Å². The highest BCUT2D eigenvalue weighted by atomic mass is 16.2. The van der Waals surface area contributed by atoms with Gasteiger partial charge in [-0.25, -0.2) is 0 Å². The van der Waals surface area contributed by atoms with Crippen molar-refractivity contribution in [1.82, 2.24) is 10.6 Å². The summed E-state index contributed by atoms with van der Waals surface area (Å²) in [7, 11) is 0. The molecule has 2 fully saturated rings. The maximum absolute atomic E-state index is 12.3. The molecular formula is C15H28N2O. The predicted molar refractivity (Wildman–Crippen MR) is 74.3 cm³/mol. The highest BCUT2D eigenvalue weighted by Crippen LogP contribution is 2.58. The zero-order valence-electron chi connectivity index (χ0n) is 12.1. The third-order valence-electron chi connectivity index (χ3n) is 5.23. The number of piperidine rings is 1. The number of carbonyl (C=O) groups is 1. The molecule has 0 bridgehead atoms. The molecule has 2 unspecified atom stereocenters. The van der Waals surface area contributed by atoms with Gasteiger partial charge in [-0.15, -0.1) is 0 Å². The van der Waals surface area contributed by atoms with Gasteiger partial charge in [0.2, 0.25) is 5.91 Å². The van der Waals surface area contributed by atoms with E-state index in [0.717, 1.165) is 32.4 Å². The molecule has 0 aromatic heterocycles. The molecule has 1 heterocycles. The molecule has 3 nitrogen and oxygen atoms in total. The van der Waals surface area contributed by atoms with E-state index in [4.69, 9.17) is 0 Å². The maximum atomic E-state index is 12.3. The van der Waals surface area contributed by atoms with Crippen molar-refractivity contribution in [2.75, 3.05) is 13.1 Å². The summed E-state index contributed by atoms with van der Waals surface area (Å²) in [4.78, 5) is 12.3. The summed E-state index contributed by atoms with van der Waals surface area (Å²) in [5, 5.41) is 6.64. The van der Waals surface area contributed by atoms with Gasteiger partial charge in [0.15, 0.2) is 0 Å². The summed E-state index contributed by atoms with van der Waals surface area (Å²) in [5.41, 5.74) is 0.364. The van der Waals surface area contributed by atoms with E-state index in [2.05, 4.69) is 31.4 Å². The van der Waals surface area contributed by atoms with E-state index in [1.807, 2.05) is 0 Å². The van der Waals surface area contributed by atoms with E-state index in [0.29, 0.717) is 29.2 Å². The zero-order valence-corrected chi connectivity index (χ0v) is 12.1. The van der Waals surface area contributed by atoms with Gasteiger partial charge in [0, 0.05) is 12.0 Å². The van der Waals surface area contributed by atoms with E-state index in [1.54, 1.807) is 0 Å². The number of carbonyl (C=O) groups excluding carboxylic acids is 1. The van der Waals surface area contributed by atoms with Gasteiger partial charge in [0.05, 0.1) is 0 Å². The standard InChI is InChI=1S/C15H28N2O/c1-4-12(5-2)11(3)17-14(18)13-10-15(13)6-8-16-9-7-15/h11-13,16H,4-10H2,1-3H3,(H,17,18). The molecule has 104 valence electrons. The second-order valence-electron chi connectivity index (χ2n) is 6.24. The average Bonchev–Trinajstić information content (AvgIpc) is 3.05. The molecular weight excluding hydrogens is 224 g/mol. The summed E-state index contributed by atoms with van der Waals surface area (Å²) in [6.45, 7) is 8.76. The number of amides is 1. The van der Waals surface area contributed by atoms with Crippen molar-refractivity contribution >= 4 is 5.91 Å². The van der Waals surface area contributed by atoms with Gasteiger partial charge in [-0.1, -0.05) is 26.7 Å². The Morgan fingerprint density at radius 2 is 1.94 bits per heavy atom. The first-order valence-electron chi connectivity index (χ1n) is 7.64. The van der Waals surface area contributed by atoms with Gasteiger partial charge in [-0.05, 0) is 50.6 Å². The molecule has 1 aliphatic carbocycles. The minimum Gasteiger partial charge on any atom is -0.353 e. The molecule has 1 aliphatic heterocycles. The first-order valence-corrected chi connectivity index (χ1v) is 7.64. The molecule has 18 heavy (non-hydrogen) atoms. The molecule has 2 aliphatic rings. The van der Waals surface area contributed by atoms with E-state index in [-0.39, 0.29) is 0 Å². The Bertz CT molecular complexity index is 293. The predicted octanol–water partition coefficient (Wildman–Crippen LogP) is 2.32. The largest absolute Gasteiger partial charge is 0.353 e. The highest BCUT2D eigenvalue weighted by molar-refractivity contribution is 5.82. The Morgan fingerprint density at radius 1 is 1.33 bits per heavy atom. The molecule has 2 N–H and O–H groups in total. The Hall–Kier alpha value is -0.570. The minimum absolute atomic E-state index is 0.302. The summed E-state index contributed by atoms with van der Waals surface area (Å²) in [6.07, 6.45) is 5.79. The van der Waals surface area contributed by atoms with Crippen LogP contribution in [0.4, 0.5) is 0 Å². The van der Waals surface area contributed by atoms with E-state index in [1.165, 1.54) is 12.8 Å². The lowest BCUT2D eigenvalue weighted by molar-refractivity contribution is -0.124. The maximum Gasteiger partial charge on any atom is 0.223 e. The van der Waals surface area contributed by atoms with Crippen LogP contribution in [0.25, 0.3) is 0 Å². The SMILES string of the molecule is CCC(CC)C(C)NC(=O)C1CC12CCNCC2. The van der Waals surface area contributed by atoms with E-state index < -0.39 is 0 Å². The fraction of sp³-hybridized carbons (Fsp3) is 0.933. The molecule has 1 saturated carbocycles. The van der Waals surface area contributed by atoms with Crippen LogP contribution in [0, 0.1) is 17.3 Å². The second kappa shape index (κ2) is 5.60. The van der Waals surface area contributed by atoms with Crippen LogP contribution in [0.3, 0.4) is 0 Å². The smallest absolute Gasteiger partial charge is 0.223 e. The Kier molecular flexibility index (Phi) is 4.31. The molecule has 1 spiro atoms. The average molecular weight is 252 g/mol. The van der Waals surface area contributed by atoms with Gasteiger partial charge in [0.1, 0.15) is 0 Å². The van der Waals surface area contributed by atoms with Crippen molar-refractivity contribution in [3.05, 3.63) is 0 Å². The van der Waals surface area contributed by atoms with Gasteiger partial charge in [-0.3, -0.25) is 4.79 Å². The molecule has 0 radical (unpaired) electrons. The number of nitrogens with one attached hydrogen (secondary N) is 2. The first kappa shape index (κ1) is 13.9.